The molecule has 0 atom stereocenters. The summed E-state index contributed by atoms with van der Waals surface area (Å²) in [6.45, 7) is 21.3. The number of ether oxygens (including phenoxy) is 2. The number of aromatic amines is 1. The smallest absolute Gasteiger partial charge is 0.410 e. The second-order valence-electron chi connectivity index (χ2n) is 11.9. The molecular weight excluding hydrogens is 496 g/mol. The number of amides is 1. The molecule has 0 aliphatic carbocycles. The van der Waals surface area contributed by atoms with Crippen molar-refractivity contribution in [2.75, 3.05) is 62.3 Å². The topological polar surface area (TPSA) is 104 Å². The number of hydrogen-bond donors (Lipinski definition) is 1. The van der Waals surface area contributed by atoms with Crippen LogP contribution in [0, 0.1) is 18.9 Å². The Balaban J connectivity index is 1.37. The van der Waals surface area contributed by atoms with Crippen LogP contribution in [-0.2, 0) is 9.47 Å². The van der Waals surface area contributed by atoms with Crippen LogP contribution in [0.2, 0.25) is 0 Å². The van der Waals surface area contributed by atoms with Gasteiger partial charge in [-0.15, -0.1) is 0 Å². The number of hydrogen-bond acceptors (Lipinski definition) is 8. The van der Waals surface area contributed by atoms with Crippen LogP contribution in [0.1, 0.15) is 32.8 Å². The van der Waals surface area contributed by atoms with Crippen LogP contribution in [0.5, 0.6) is 0 Å². The van der Waals surface area contributed by atoms with Gasteiger partial charge in [0.15, 0.2) is 0 Å². The Morgan fingerprint density at radius 1 is 1.13 bits per heavy atom. The largest absolute Gasteiger partial charge is 0.444 e. The predicted octanol–water partition coefficient (Wildman–Crippen LogP) is 4.16. The van der Waals surface area contributed by atoms with E-state index in [1.165, 1.54) is 0 Å². The summed E-state index contributed by atoms with van der Waals surface area (Å²) in [5.74, 6) is 1.27. The molecule has 39 heavy (non-hydrogen) atoms. The highest BCUT2D eigenvalue weighted by atomic mass is 16.6. The fourth-order valence-electron chi connectivity index (χ4n) is 5.87. The lowest BCUT2D eigenvalue weighted by atomic mass is 9.79. The monoisotopic (exact) mass is 530 g/mol. The minimum Gasteiger partial charge on any atom is -0.444 e. The molecule has 1 spiro atoms. The molecule has 3 aromatic rings. The highest BCUT2D eigenvalue weighted by Gasteiger charge is 2.51. The molecule has 11 heteroatoms. The Morgan fingerprint density at radius 3 is 2.62 bits per heavy atom. The Kier molecular flexibility index (Phi) is 6.10. The number of rotatable bonds is 3. The number of anilines is 2. The fraction of sp³-hybridized carbons (Fsp3) is 0.536. The zero-order valence-electron chi connectivity index (χ0n) is 23.0. The second-order valence-corrected chi connectivity index (χ2v) is 11.9. The van der Waals surface area contributed by atoms with Gasteiger partial charge in [0.2, 0.25) is 5.95 Å². The summed E-state index contributed by atoms with van der Waals surface area (Å²) in [5, 5.41) is 8.23. The van der Waals surface area contributed by atoms with Gasteiger partial charge in [-0.3, -0.25) is 5.10 Å². The molecule has 0 unspecified atom stereocenters. The molecule has 6 rings (SSSR count). The Morgan fingerprint density at radius 2 is 1.90 bits per heavy atom. The van der Waals surface area contributed by atoms with Crippen molar-refractivity contribution < 1.29 is 14.3 Å². The van der Waals surface area contributed by atoms with Gasteiger partial charge in [-0.2, -0.15) is 5.10 Å². The Bertz CT molecular complexity index is 1460. The first kappa shape index (κ1) is 25.4. The zero-order valence-corrected chi connectivity index (χ0v) is 23.0. The summed E-state index contributed by atoms with van der Waals surface area (Å²) in [4.78, 5) is 32.7. The molecule has 0 bridgehead atoms. The summed E-state index contributed by atoms with van der Waals surface area (Å²) in [7, 11) is 0. The molecule has 204 valence electrons. The molecule has 5 heterocycles. The van der Waals surface area contributed by atoms with Crippen molar-refractivity contribution in [2.45, 2.75) is 39.7 Å². The normalized spacial score (nSPS) is 18.9. The first-order valence-corrected chi connectivity index (χ1v) is 13.4. The lowest BCUT2D eigenvalue weighted by molar-refractivity contribution is -0.0266. The number of nitrogens with one attached hydrogen (secondary N) is 1. The standard InChI is InChI=1S/C28H34N8O3/c1-18-6-7-20-19(14-30-33-20)21(18)22-23(29-5)24(32-25(31-22)34-10-12-38-13-11-34)35-9-8-28(15-35)16-36(17-28)26(37)39-27(2,3)4/h6-7,14H,8-13,15-17H2,1-4H3,(H,30,33). The van der Waals surface area contributed by atoms with Crippen LogP contribution in [0.4, 0.5) is 22.2 Å². The molecule has 1 N–H and O–H groups in total. The van der Waals surface area contributed by atoms with E-state index in [-0.39, 0.29) is 11.5 Å². The molecule has 0 saturated carbocycles. The van der Waals surface area contributed by atoms with Gasteiger partial charge in [-0.25, -0.2) is 19.6 Å². The third-order valence-electron chi connectivity index (χ3n) is 7.77. The van der Waals surface area contributed by atoms with Gasteiger partial charge in [-0.05, 0) is 45.7 Å². The number of carbonyl (C=O) groups is 1. The van der Waals surface area contributed by atoms with E-state index < -0.39 is 5.60 Å². The molecule has 0 radical (unpaired) electrons. The fourth-order valence-corrected chi connectivity index (χ4v) is 5.87. The van der Waals surface area contributed by atoms with E-state index in [1.54, 1.807) is 11.1 Å². The average Bonchev–Trinajstić information content (AvgIpc) is 3.54. The molecule has 1 amide bonds. The molecule has 3 aliphatic heterocycles. The SMILES string of the molecule is [C-]#[N+]c1c(-c2c(C)ccc3[nH]ncc23)nc(N2CCOCC2)nc1N1CCC2(CN(C(=O)OC(C)(C)C)C2)C1. The van der Waals surface area contributed by atoms with Crippen molar-refractivity contribution in [1.82, 2.24) is 25.1 Å². The van der Waals surface area contributed by atoms with Crippen LogP contribution in [0.3, 0.4) is 0 Å². The summed E-state index contributed by atoms with van der Waals surface area (Å²) in [6.07, 6.45) is 2.45. The number of likely N-dealkylation sites (tertiary alicyclic amines) is 1. The van der Waals surface area contributed by atoms with Crippen molar-refractivity contribution in [3.63, 3.8) is 0 Å². The quantitative estimate of drug-likeness (QED) is 0.504. The van der Waals surface area contributed by atoms with E-state index in [4.69, 9.17) is 26.0 Å². The Hall–Kier alpha value is -3.91. The van der Waals surface area contributed by atoms with Crippen LogP contribution in [-0.4, -0.2) is 89.2 Å². The Labute approximate surface area is 227 Å². The van der Waals surface area contributed by atoms with Crippen LogP contribution in [0.25, 0.3) is 27.0 Å². The first-order chi connectivity index (χ1) is 18.7. The number of carbonyl (C=O) groups excluding carboxylic acids is 1. The molecular formula is C28H34N8O3. The van der Waals surface area contributed by atoms with Gasteiger partial charge < -0.3 is 24.2 Å². The number of nitrogens with zero attached hydrogens (tertiary/aromatic N) is 7. The minimum absolute atomic E-state index is 0.0269. The van der Waals surface area contributed by atoms with Gasteiger partial charge in [0.25, 0.3) is 5.69 Å². The number of H-pyrrole nitrogens is 1. The van der Waals surface area contributed by atoms with E-state index in [0.29, 0.717) is 62.5 Å². The minimum atomic E-state index is -0.519. The van der Waals surface area contributed by atoms with Gasteiger partial charge in [0.1, 0.15) is 11.4 Å². The summed E-state index contributed by atoms with van der Waals surface area (Å²) in [6, 6.07) is 4.03. The molecule has 3 fully saturated rings. The molecule has 3 aliphatic rings. The highest BCUT2D eigenvalue weighted by molar-refractivity contribution is 6.00. The van der Waals surface area contributed by atoms with E-state index >= 15 is 0 Å². The van der Waals surface area contributed by atoms with Gasteiger partial charge in [-0.1, -0.05) is 6.07 Å². The number of aryl methyl sites for hydroxylation is 1. The van der Waals surface area contributed by atoms with E-state index in [0.717, 1.165) is 41.5 Å². The van der Waals surface area contributed by atoms with Gasteiger partial charge >= 0.3 is 6.09 Å². The average molecular weight is 531 g/mol. The van der Waals surface area contributed by atoms with Crippen molar-refractivity contribution in [3.05, 3.63) is 35.3 Å². The number of fused-ring (bicyclic) bond motifs is 1. The highest BCUT2D eigenvalue weighted by Crippen LogP contribution is 2.46. The molecule has 2 aromatic heterocycles. The van der Waals surface area contributed by atoms with Crippen molar-refractivity contribution >= 4 is 34.4 Å². The lowest BCUT2D eigenvalue weighted by Gasteiger charge is -2.47. The third-order valence-corrected chi connectivity index (χ3v) is 7.77. The summed E-state index contributed by atoms with van der Waals surface area (Å²) >= 11 is 0. The van der Waals surface area contributed by atoms with E-state index in [2.05, 4.69) is 24.8 Å². The number of benzene rings is 1. The predicted molar refractivity (Wildman–Crippen MR) is 148 cm³/mol. The number of morpholine rings is 1. The summed E-state index contributed by atoms with van der Waals surface area (Å²) < 4.78 is 11.1. The van der Waals surface area contributed by atoms with E-state index in [9.17, 15) is 4.79 Å². The van der Waals surface area contributed by atoms with Gasteiger partial charge in [0, 0.05) is 55.6 Å². The lowest BCUT2D eigenvalue weighted by Crippen LogP contribution is -2.60. The number of aromatic nitrogens is 4. The van der Waals surface area contributed by atoms with E-state index in [1.807, 2.05) is 39.8 Å². The van der Waals surface area contributed by atoms with Crippen LogP contribution in [0.15, 0.2) is 18.3 Å². The van der Waals surface area contributed by atoms with Crippen molar-refractivity contribution in [1.29, 1.82) is 0 Å². The van der Waals surface area contributed by atoms with Crippen molar-refractivity contribution in [3.8, 4) is 11.3 Å². The van der Waals surface area contributed by atoms with Crippen molar-refractivity contribution in [2.24, 2.45) is 5.41 Å². The molecule has 3 saturated heterocycles. The van der Waals surface area contributed by atoms with Crippen LogP contribution < -0.4 is 9.80 Å². The first-order valence-electron chi connectivity index (χ1n) is 13.4. The summed E-state index contributed by atoms with van der Waals surface area (Å²) in [5.41, 5.74) is 3.36. The zero-order chi connectivity index (χ0) is 27.4. The van der Waals surface area contributed by atoms with Gasteiger partial charge in [0.05, 0.1) is 37.2 Å². The molecule has 11 nitrogen and oxygen atoms in total. The maximum atomic E-state index is 12.6. The molecule has 1 aromatic carbocycles. The second kappa shape index (κ2) is 9.38. The van der Waals surface area contributed by atoms with Crippen LogP contribution >= 0.6 is 0 Å². The maximum Gasteiger partial charge on any atom is 0.410 e. The maximum absolute atomic E-state index is 12.6. The third kappa shape index (κ3) is 4.63.